The molecular weight excluding hydrogens is 730 g/mol. The number of rotatable bonds is 11. The molecule has 286 valence electrons. The van der Waals surface area contributed by atoms with Crippen molar-refractivity contribution in [3.8, 4) is 11.4 Å². The van der Waals surface area contributed by atoms with Crippen molar-refractivity contribution < 1.29 is 0 Å². The second-order valence-corrected chi connectivity index (χ2v) is 15.6. The van der Waals surface area contributed by atoms with Gasteiger partial charge in [-0.15, -0.1) is 0 Å². The van der Waals surface area contributed by atoms with Crippen LogP contribution in [0, 0.1) is 0 Å². The van der Waals surface area contributed by atoms with E-state index < -0.39 is 0 Å². The maximum absolute atomic E-state index is 7.74. The zero-order chi connectivity index (χ0) is 39.8. The molecule has 0 bridgehead atoms. The van der Waals surface area contributed by atoms with E-state index >= 15 is 0 Å². The largest absolute Gasteiger partial charge is 0.367 e. The number of hydrogen-bond acceptors (Lipinski definition) is 3. The van der Waals surface area contributed by atoms with Crippen LogP contribution in [0.25, 0.3) is 33.2 Å². The van der Waals surface area contributed by atoms with Gasteiger partial charge in [0.15, 0.2) is 0 Å². The molecule has 0 atom stereocenters. The van der Waals surface area contributed by atoms with Crippen molar-refractivity contribution in [2.45, 2.75) is 39.8 Å². The van der Waals surface area contributed by atoms with Gasteiger partial charge in [0, 0.05) is 63.7 Å². The maximum atomic E-state index is 7.74. The van der Waals surface area contributed by atoms with E-state index in [-0.39, 0.29) is 12.1 Å². The van der Waals surface area contributed by atoms with Gasteiger partial charge >= 0.3 is 0 Å². The van der Waals surface area contributed by atoms with E-state index in [1.165, 1.54) is 0 Å². The van der Waals surface area contributed by atoms with Gasteiger partial charge in [-0.05, 0) is 125 Å². The number of hydrogen-bond donors (Lipinski definition) is 0. The van der Waals surface area contributed by atoms with Crippen LogP contribution in [0.4, 0.5) is 39.8 Å². The summed E-state index contributed by atoms with van der Waals surface area (Å²) in [7, 11) is 0. The molecule has 2 aromatic heterocycles. The zero-order valence-corrected chi connectivity index (χ0v) is 34.0. The van der Waals surface area contributed by atoms with Gasteiger partial charge < -0.3 is 23.8 Å². The summed E-state index contributed by atoms with van der Waals surface area (Å²) in [4.78, 5) is 7.12. The molecule has 0 saturated carbocycles. The fourth-order valence-corrected chi connectivity index (χ4v) is 8.84. The summed E-state index contributed by atoms with van der Waals surface area (Å²) in [5, 5.41) is 2.93. The number of fused-ring (bicyclic) bond motifs is 2. The minimum Gasteiger partial charge on any atom is -0.367 e. The first-order valence-electron chi connectivity index (χ1n) is 20.0. The average Bonchev–Trinajstić information content (AvgIpc) is 3.89. The Balaban J connectivity index is 1.24. The average molecular weight is 776 g/mol. The molecule has 0 spiro atoms. The number of nitrogens with zero attached hydrogens (tertiary/aromatic N) is 5. The zero-order valence-electron chi connectivity index (χ0n) is 33.2. The van der Waals surface area contributed by atoms with Gasteiger partial charge in [0.05, 0.1) is 38.8 Å². The van der Waals surface area contributed by atoms with Gasteiger partial charge in [-0.1, -0.05) is 96.5 Å². The Morgan fingerprint density at radius 2 is 0.741 bits per heavy atom. The molecule has 0 amide bonds. The fourth-order valence-electron chi connectivity index (χ4n) is 8.55. The Labute approximate surface area is 346 Å². The Morgan fingerprint density at radius 1 is 0.397 bits per heavy atom. The van der Waals surface area contributed by atoms with Crippen molar-refractivity contribution in [3.05, 3.63) is 199 Å². The molecule has 0 aliphatic heterocycles. The van der Waals surface area contributed by atoms with Crippen molar-refractivity contribution >= 4 is 73.2 Å². The van der Waals surface area contributed by atoms with Crippen LogP contribution in [0.1, 0.15) is 27.7 Å². The van der Waals surface area contributed by atoms with Crippen LogP contribution in [0.3, 0.4) is 0 Å². The third-order valence-corrected chi connectivity index (χ3v) is 11.3. The predicted molar refractivity (Wildman–Crippen MR) is 247 cm³/mol. The van der Waals surface area contributed by atoms with E-state index in [1.807, 2.05) is 0 Å². The van der Waals surface area contributed by atoms with E-state index in [1.54, 1.807) is 0 Å². The third-order valence-electron chi connectivity index (χ3n) is 10.9. The predicted octanol–water partition coefficient (Wildman–Crippen LogP) is 14.8. The van der Waals surface area contributed by atoms with Crippen LogP contribution < -0.4 is 14.7 Å². The van der Waals surface area contributed by atoms with Crippen LogP contribution in [-0.2, 0) is 0 Å². The molecule has 0 radical (unpaired) electrons. The summed E-state index contributed by atoms with van der Waals surface area (Å²) in [6, 6.07) is 64.8. The second-order valence-electron chi connectivity index (χ2n) is 15.2. The highest BCUT2D eigenvalue weighted by Gasteiger charge is 2.24. The highest BCUT2D eigenvalue weighted by Crippen LogP contribution is 2.44. The topological polar surface area (TPSA) is 19.6 Å². The van der Waals surface area contributed by atoms with Crippen molar-refractivity contribution in [2.24, 2.45) is 0 Å². The van der Waals surface area contributed by atoms with Gasteiger partial charge in [0.1, 0.15) is 0 Å². The SMILES string of the molecule is CC(C)N(c1cc(-n2ccc3c(N(c4ccccc4)c4ccccc4)cccc32)c(Cl)c(-n2ccc3c(N(c4ccccc4)c4ccccc4)cccc32)c1)C(C)C. The molecule has 58 heavy (non-hydrogen) atoms. The molecule has 6 heteroatoms. The number of anilines is 7. The standard InChI is InChI=1S/C52H46ClN5/c1-37(2)56(38(3)4)43-35-50(54-33-31-44-46(54)27-17-29-48(44)57(39-19-9-5-10-20-39)40-21-11-6-12-22-40)52(53)51(36-43)55-34-32-45-47(55)28-18-30-49(45)58(41-23-13-7-14-24-41)42-25-15-8-16-26-42/h5-38H,1-4H3. The Hall–Kier alpha value is -6.69. The first-order chi connectivity index (χ1) is 28.4. The van der Waals surface area contributed by atoms with E-state index in [0.717, 1.165) is 73.0 Å². The van der Waals surface area contributed by atoms with Crippen LogP contribution in [0.15, 0.2) is 194 Å². The molecule has 0 saturated heterocycles. The lowest BCUT2D eigenvalue weighted by Crippen LogP contribution is -2.37. The molecule has 7 aromatic carbocycles. The molecule has 9 aromatic rings. The van der Waals surface area contributed by atoms with Gasteiger partial charge in [0.2, 0.25) is 0 Å². The highest BCUT2D eigenvalue weighted by atomic mass is 35.5. The second kappa shape index (κ2) is 15.7. The number of para-hydroxylation sites is 4. The minimum absolute atomic E-state index is 0.262. The molecule has 0 fully saturated rings. The first-order valence-corrected chi connectivity index (χ1v) is 20.4. The monoisotopic (exact) mass is 775 g/mol. The van der Waals surface area contributed by atoms with Crippen LogP contribution >= 0.6 is 11.6 Å². The summed E-state index contributed by atoms with van der Waals surface area (Å²) < 4.78 is 4.51. The lowest BCUT2D eigenvalue weighted by atomic mass is 10.1. The Morgan fingerprint density at radius 3 is 1.07 bits per heavy atom. The molecule has 9 rings (SSSR count). The van der Waals surface area contributed by atoms with E-state index in [2.05, 4.69) is 246 Å². The van der Waals surface area contributed by atoms with Crippen LogP contribution in [0.2, 0.25) is 5.02 Å². The minimum atomic E-state index is 0.262. The Bertz CT molecular complexity index is 2540. The van der Waals surface area contributed by atoms with E-state index in [0.29, 0.717) is 5.02 Å². The van der Waals surface area contributed by atoms with Crippen molar-refractivity contribution in [1.82, 2.24) is 9.13 Å². The van der Waals surface area contributed by atoms with Crippen molar-refractivity contribution in [2.75, 3.05) is 14.7 Å². The van der Waals surface area contributed by atoms with Gasteiger partial charge in [-0.2, -0.15) is 0 Å². The van der Waals surface area contributed by atoms with Gasteiger partial charge in [0.25, 0.3) is 0 Å². The molecule has 5 nitrogen and oxygen atoms in total. The van der Waals surface area contributed by atoms with E-state index in [4.69, 9.17) is 11.6 Å². The lowest BCUT2D eigenvalue weighted by molar-refractivity contribution is 0.608. The molecule has 0 N–H and O–H groups in total. The molecule has 0 aliphatic carbocycles. The number of halogens is 1. The first kappa shape index (κ1) is 36.9. The Kier molecular flexibility index (Phi) is 9.98. The molecule has 0 aliphatic rings. The molecular formula is C52H46ClN5. The van der Waals surface area contributed by atoms with Crippen molar-refractivity contribution in [3.63, 3.8) is 0 Å². The van der Waals surface area contributed by atoms with Crippen molar-refractivity contribution in [1.29, 1.82) is 0 Å². The summed E-state index contributed by atoms with van der Waals surface area (Å²) in [6.45, 7) is 9.02. The third kappa shape index (κ3) is 6.67. The molecule has 0 unspecified atom stereocenters. The number of aromatic nitrogens is 2. The highest BCUT2D eigenvalue weighted by molar-refractivity contribution is 6.34. The van der Waals surface area contributed by atoms with Crippen LogP contribution in [0.5, 0.6) is 0 Å². The normalized spacial score (nSPS) is 11.5. The van der Waals surface area contributed by atoms with E-state index in [9.17, 15) is 0 Å². The fraction of sp³-hybridized carbons (Fsp3) is 0.115. The quantitative estimate of drug-likeness (QED) is 0.130. The summed E-state index contributed by atoms with van der Waals surface area (Å²) >= 11 is 7.74. The van der Waals surface area contributed by atoms with Gasteiger partial charge in [-0.25, -0.2) is 0 Å². The van der Waals surface area contributed by atoms with Gasteiger partial charge in [-0.3, -0.25) is 0 Å². The molecule has 2 heterocycles. The van der Waals surface area contributed by atoms with Crippen LogP contribution in [-0.4, -0.2) is 21.2 Å². The lowest BCUT2D eigenvalue weighted by Gasteiger charge is -2.34. The smallest absolute Gasteiger partial charge is 0.0888 e. The number of benzene rings is 7. The summed E-state index contributed by atoms with van der Waals surface area (Å²) in [5.41, 5.74) is 11.7. The maximum Gasteiger partial charge on any atom is 0.0888 e. The summed E-state index contributed by atoms with van der Waals surface area (Å²) in [6.07, 6.45) is 4.32. The summed E-state index contributed by atoms with van der Waals surface area (Å²) in [5.74, 6) is 0.